The summed E-state index contributed by atoms with van der Waals surface area (Å²) in [6.07, 6.45) is 0. The highest BCUT2D eigenvalue weighted by molar-refractivity contribution is 5.44. The van der Waals surface area contributed by atoms with Crippen molar-refractivity contribution in [3.05, 3.63) is 30.1 Å². The number of halogens is 1. The van der Waals surface area contributed by atoms with Crippen molar-refractivity contribution in [1.29, 1.82) is 0 Å². The van der Waals surface area contributed by atoms with E-state index in [0.717, 1.165) is 0 Å². The molecule has 0 fully saturated rings. The van der Waals surface area contributed by atoms with Gasteiger partial charge in [-0.05, 0) is 12.1 Å². The molecule has 1 aromatic rings. The highest BCUT2D eigenvalue weighted by Gasteiger charge is 1.96. The van der Waals surface area contributed by atoms with E-state index in [1.807, 2.05) is 0 Å². The maximum atomic E-state index is 12.7. The zero-order valence-electron chi connectivity index (χ0n) is 6.01. The first-order valence-corrected chi connectivity index (χ1v) is 3.41. The third kappa shape index (κ3) is 2.20. The van der Waals surface area contributed by atoms with Gasteiger partial charge in [0.1, 0.15) is 5.82 Å². The van der Waals surface area contributed by atoms with Gasteiger partial charge in [-0.3, -0.25) is 0 Å². The first-order valence-electron chi connectivity index (χ1n) is 3.41. The summed E-state index contributed by atoms with van der Waals surface area (Å²) in [5, 5.41) is 12.7. The van der Waals surface area contributed by atoms with E-state index in [1.54, 1.807) is 18.2 Å². The van der Waals surface area contributed by atoms with Crippen LogP contribution in [-0.2, 0) is 5.11 Å². The Kier molecular flexibility index (Phi) is 2.86. The molecule has 0 aromatic heterocycles. The van der Waals surface area contributed by atoms with E-state index in [9.17, 15) is 9.50 Å². The maximum Gasteiger partial charge on any atom is 0.146 e. The summed E-state index contributed by atoms with van der Waals surface area (Å²) in [6.45, 7) is 0.0231. The van der Waals surface area contributed by atoms with E-state index in [0.29, 0.717) is 5.69 Å². The van der Waals surface area contributed by atoms with Gasteiger partial charge in [0.15, 0.2) is 0 Å². The molecule has 3 heteroatoms. The lowest BCUT2D eigenvalue weighted by atomic mass is 10.3. The molecule has 0 atom stereocenters. The lowest BCUT2D eigenvalue weighted by molar-refractivity contribution is 0.206. The molecule has 0 spiro atoms. The van der Waals surface area contributed by atoms with Crippen molar-refractivity contribution in [2.24, 2.45) is 0 Å². The van der Waals surface area contributed by atoms with Crippen LogP contribution in [0.25, 0.3) is 0 Å². The smallest absolute Gasteiger partial charge is 0.146 e. The molecular formula is C8H9FNO. The van der Waals surface area contributed by atoms with Crippen molar-refractivity contribution < 1.29 is 9.50 Å². The summed E-state index contributed by atoms with van der Waals surface area (Å²) in [7, 11) is 0. The molecule has 0 saturated carbocycles. The van der Waals surface area contributed by atoms with Gasteiger partial charge < -0.3 is 5.32 Å². The largest absolute Gasteiger partial charge is 0.380 e. The first-order chi connectivity index (χ1) is 5.34. The van der Waals surface area contributed by atoms with Crippen LogP contribution in [0.5, 0.6) is 0 Å². The molecule has 0 bridgehead atoms. The second-order valence-electron chi connectivity index (χ2n) is 2.11. The lowest BCUT2D eigenvalue weighted by Crippen LogP contribution is -2.05. The third-order valence-corrected chi connectivity index (χ3v) is 1.29. The molecule has 0 aliphatic heterocycles. The van der Waals surface area contributed by atoms with Gasteiger partial charge in [0.2, 0.25) is 0 Å². The fourth-order valence-electron chi connectivity index (χ4n) is 0.790. The normalized spacial score (nSPS) is 9.64. The fraction of sp³-hybridized carbons (Fsp3) is 0.250. The number of benzene rings is 1. The number of hydrogen-bond acceptors (Lipinski definition) is 1. The molecule has 1 rings (SSSR count). The van der Waals surface area contributed by atoms with E-state index in [2.05, 4.69) is 5.32 Å². The highest BCUT2D eigenvalue weighted by Crippen LogP contribution is 2.11. The average Bonchev–Trinajstić information content (AvgIpc) is 2.03. The van der Waals surface area contributed by atoms with Gasteiger partial charge in [0, 0.05) is 6.54 Å². The van der Waals surface area contributed by atoms with Crippen LogP contribution in [0, 0.1) is 5.82 Å². The summed E-state index contributed by atoms with van der Waals surface area (Å²) >= 11 is 0. The van der Waals surface area contributed by atoms with Crippen LogP contribution in [0.2, 0.25) is 0 Å². The van der Waals surface area contributed by atoms with Crippen LogP contribution in [0.4, 0.5) is 10.1 Å². The highest BCUT2D eigenvalue weighted by atomic mass is 19.1. The number of hydrogen-bond donors (Lipinski definition) is 1. The first kappa shape index (κ1) is 8.01. The quantitative estimate of drug-likeness (QED) is 0.705. The molecule has 11 heavy (non-hydrogen) atoms. The molecule has 59 valence electrons. The average molecular weight is 154 g/mol. The Hall–Kier alpha value is -1.09. The Balaban J connectivity index is 2.62. The summed E-state index contributed by atoms with van der Waals surface area (Å²) in [5.74, 6) is -0.319. The Morgan fingerprint density at radius 3 is 2.73 bits per heavy atom. The minimum Gasteiger partial charge on any atom is -0.380 e. The monoisotopic (exact) mass is 154 g/mol. The van der Waals surface area contributed by atoms with E-state index in [-0.39, 0.29) is 19.0 Å². The van der Waals surface area contributed by atoms with Crippen molar-refractivity contribution in [3.63, 3.8) is 0 Å². The van der Waals surface area contributed by atoms with Gasteiger partial charge >= 0.3 is 0 Å². The van der Waals surface area contributed by atoms with Gasteiger partial charge in [0.25, 0.3) is 0 Å². The van der Waals surface area contributed by atoms with Crippen molar-refractivity contribution in [3.8, 4) is 0 Å². The predicted molar refractivity (Wildman–Crippen MR) is 40.4 cm³/mol. The third-order valence-electron chi connectivity index (χ3n) is 1.29. The van der Waals surface area contributed by atoms with Crippen molar-refractivity contribution in [2.75, 3.05) is 18.5 Å². The van der Waals surface area contributed by atoms with Gasteiger partial charge in [-0.2, -0.15) is 0 Å². The Morgan fingerprint density at radius 1 is 1.36 bits per heavy atom. The molecule has 0 saturated heterocycles. The summed E-state index contributed by atoms with van der Waals surface area (Å²) < 4.78 is 12.7. The van der Waals surface area contributed by atoms with Crippen molar-refractivity contribution in [2.45, 2.75) is 0 Å². The van der Waals surface area contributed by atoms with Crippen LogP contribution in [0.1, 0.15) is 0 Å². The number of rotatable bonds is 3. The molecule has 0 heterocycles. The van der Waals surface area contributed by atoms with Gasteiger partial charge in [-0.15, -0.1) is 0 Å². The molecule has 2 nitrogen and oxygen atoms in total. The Morgan fingerprint density at radius 2 is 2.09 bits per heavy atom. The zero-order valence-corrected chi connectivity index (χ0v) is 6.01. The van der Waals surface area contributed by atoms with Gasteiger partial charge in [0.05, 0.1) is 12.3 Å². The molecule has 0 amide bonds. The summed E-state index contributed by atoms with van der Waals surface area (Å²) in [5.41, 5.74) is 0.392. The van der Waals surface area contributed by atoms with Crippen LogP contribution < -0.4 is 5.32 Å². The lowest BCUT2D eigenvalue weighted by Gasteiger charge is -2.03. The van der Waals surface area contributed by atoms with Gasteiger partial charge in [-0.25, -0.2) is 9.50 Å². The molecule has 0 unspecified atom stereocenters. The van der Waals surface area contributed by atoms with Gasteiger partial charge in [-0.1, -0.05) is 12.1 Å². The summed E-state index contributed by atoms with van der Waals surface area (Å²) in [6, 6.07) is 6.28. The molecular weight excluding hydrogens is 145 g/mol. The van der Waals surface area contributed by atoms with Crippen LogP contribution in [0.3, 0.4) is 0 Å². The Labute approximate surface area is 64.7 Å². The molecule has 1 N–H and O–H groups in total. The topological polar surface area (TPSA) is 31.9 Å². The van der Waals surface area contributed by atoms with Crippen molar-refractivity contribution in [1.82, 2.24) is 0 Å². The van der Waals surface area contributed by atoms with E-state index >= 15 is 0 Å². The molecule has 1 radical (unpaired) electrons. The minimum absolute atomic E-state index is 0.242. The van der Waals surface area contributed by atoms with E-state index in [1.165, 1.54) is 6.07 Å². The van der Waals surface area contributed by atoms with Crippen molar-refractivity contribution >= 4 is 5.69 Å². The summed E-state index contributed by atoms with van der Waals surface area (Å²) in [4.78, 5) is 0. The number of nitrogens with one attached hydrogen (secondary N) is 1. The minimum atomic E-state index is -0.319. The van der Waals surface area contributed by atoms with Crippen LogP contribution in [0.15, 0.2) is 24.3 Å². The molecule has 0 aliphatic carbocycles. The standard InChI is InChI=1S/C8H9FNO/c9-7-3-1-2-4-8(7)10-5-6-11/h1-4,10H,5-6H2. The second kappa shape index (κ2) is 3.93. The molecule has 0 aliphatic rings. The van der Waals surface area contributed by atoms with Crippen LogP contribution >= 0.6 is 0 Å². The second-order valence-corrected chi connectivity index (χ2v) is 2.11. The predicted octanol–water partition coefficient (Wildman–Crippen LogP) is 1.67. The maximum absolute atomic E-state index is 12.7. The van der Waals surface area contributed by atoms with E-state index < -0.39 is 0 Å². The fourth-order valence-corrected chi connectivity index (χ4v) is 0.790. The Bertz CT molecular complexity index is 227. The SMILES string of the molecule is [O]CCNc1ccccc1F. The molecule has 1 aromatic carbocycles. The number of para-hydroxylation sites is 1. The zero-order chi connectivity index (χ0) is 8.10. The number of anilines is 1. The van der Waals surface area contributed by atoms with Crippen LogP contribution in [-0.4, -0.2) is 13.2 Å². The van der Waals surface area contributed by atoms with E-state index in [4.69, 9.17) is 0 Å².